The number of carbonyl (C=O) groups excluding carboxylic acids is 1. The van der Waals surface area contributed by atoms with Gasteiger partial charge in [0.1, 0.15) is 0 Å². The maximum atomic E-state index is 11.7. The molecule has 0 aromatic carbocycles. The summed E-state index contributed by atoms with van der Waals surface area (Å²) in [7, 11) is 0. The Morgan fingerprint density at radius 1 is 1.53 bits per heavy atom. The van der Waals surface area contributed by atoms with Gasteiger partial charge < -0.3 is 5.32 Å². The molecule has 1 N–H and O–H groups in total. The Kier molecular flexibility index (Phi) is 4.86. The first-order valence-corrected chi connectivity index (χ1v) is 7.08. The van der Waals surface area contributed by atoms with Gasteiger partial charge in [-0.3, -0.25) is 9.78 Å². The van der Waals surface area contributed by atoms with Gasteiger partial charge in [-0.15, -0.1) is 0 Å². The summed E-state index contributed by atoms with van der Waals surface area (Å²) in [5, 5.41) is 7.06. The van der Waals surface area contributed by atoms with Crippen LogP contribution in [0, 0.1) is 0 Å². The fourth-order valence-electron chi connectivity index (χ4n) is 1.63. The highest BCUT2D eigenvalue weighted by Gasteiger charge is 2.06. The van der Waals surface area contributed by atoms with E-state index in [1.165, 1.54) is 11.6 Å². The second-order valence-electron chi connectivity index (χ2n) is 4.32. The summed E-state index contributed by atoms with van der Waals surface area (Å²) in [6.45, 7) is 2.75. The molecule has 1 atom stereocenters. The van der Waals surface area contributed by atoms with Crippen molar-refractivity contribution >= 4 is 23.3 Å². The van der Waals surface area contributed by atoms with Crippen molar-refractivity contribution in [2.45, 2.75) is 12.8 Å². The van der Waals surface area contributed by atoms with E-state index < -0.39 is 0 Å². The van der Waals surface area contributed by atoms with Crippen molar-refractivity contribution in [3.63, 3.8) is 0 Å². The highest BCUT2D eigenvalue weighted by molar-refractivity contribution is 7.07. The maximum Gasteiger partial charge on any atom is 0.244 e. The number of hydrogen-bond acceptors (Lipinski definition) is 3. The van der Waals surface area contributed by atoms with Gasteiger partial charge in [0.15, 0.2) is 0 Å². The number of rotatable bonds is 5. The van der Waals surface area contributed by atoms with Crippen LogP contribution in [0.1, 0.15) is 24.0 Å². The zero-order chi connectivity index (χ0) is 13.5. The van der Waals surface area contributed by atoms with Crippen molar-refractivity contribution in [3.05, 3.63) is 58.6 Å². The average Bonchev–Trinajstić information content (AvgIpc) is 2.98. The summed E-state index contributed by atoms with van der Waals surface area (Å²) in [6, 6.07) is 5.84. The zero-order valence-corrected chi connectivity index (χ0v) is 11.6. The normalized spacial score (nSPS) is 12.5. The number of amides is 1. The molecule has 2 aromatic rings. The minimum Gasteiger partial charge on any atom is -0.352 e. The molecule has 0 radical (unpaired) electrons. The summed E-state index contributed by atoms with van der Waals surface area (Å²) in [4.78, 5) is 15.7. The Bertz CT molecular complexity index is 535. The van der Waals surface area contributed by atoms with Crippen molar-refractivity contribution in [2.75, 3.05) is 6.54 Å². The van der Waals surface area contributed by atoms with Crippen molar-refractivity contribution in [1.29, 1.82) is 0 Å². The lowest BCUT2D eigenvalue weighted by atomic mass is 10.1. The van der Waals surface area contributed by atoms with Crippen LogP contribution >= 0.6 is 11.3 Å². The van der Waals surface area contributed by atoms with Gasteiger partial charge in [0.05, 0.1) is 0 Å². The second kappa shape index (κ2) is 6.85. The number of hydrogen-bond donors (Lipinski definition) is 1. The quantitative estimate of drug-likeness (QED) is 0.850. The third-order valence-electron chi connectivity index (χ3n) is 2.81. The lowest BCUT2D eigenvalue weighted by molar-refractivity contribution is -0.116. The molecule has 98 valence electrons. The molecule has 0 bridgehead atoms. The third kappa shape index (κ3) is 4.34. The largest absolute Gasteiger partial charge is 0.352 e. The summed E-state index contributed by atoms with van der Waals surface area (Å²) in [5.41, 5.74) is 2.19. The highest BCUT2D eigenvalue weighted by Crippen LogP contribution is 2.16. The fraction of sp³-hybridized carbons (Fsp3) is 0.200. The SMILES string of the molecule is C[C@H](CNC(=O)/C=C\c1cccnc1)c1ccsc1. The number of carbonyl (C=O) groups is 1. The predicted molar refractivity (Wildman–Crippen MR) is 79.0 cm³/mol. The first-order valence-electron chi connectivity index (χ1n) is 6.14. The van der Waals surface area contributed by atoms with E-state index >= 15 is 0 Å². The van der Waals surface area contributed by atoms with Crippen molar-refractivity contribution < 1.29 is 4.79 Å². The monoisotopic (exact) mass is 272 g/mol. The van der Waals surface area contributed by atoms with Crippen LogP contribution in [0.25, 0.3) is 6.08 Å². The molecule has 4 heteroatoms. The van der Waals surface area contributed by atoms with Gasteiger partial charge in [0, 0.05) is 25.0 Å². The van der Waals surface area contributed by atoms with Gasteiger partial charge in [-0.05, 0) is 46.0 Å². The zero-order valence-electron chi connectivity index (χ0n) is 10.7. The Hall–Kier alpha value is -1.94. The highest BCUT2D eigenvalue weighted by atomic mass is 32.1. The molecule has 0 aliphatic rings. The summed E-state index contributed by atoms with van der Waals surface area (Å²) >= 11 is 1.68. The van der Waals surface area contributed by atoms with Crippen molar-refractivity contribution in [3.8, 4) is 0 Å². The van der Waals surface area contributed by atoms with Gasteiger partial charge in [-0.1, -0.05) is 13.0 Å². The minimum absolute atomic E-state index is 0.0778. The number of pyridine rings is 1. The molecule has 2 rings (SSSR count). The first kappa shape index (κ1) is 13.5. The second-order valence-corrected chi connectivity index (χ2v) is 5.10. The van der Waals surface area contributed by atoms with E-state index in [9.17, 15) is 4.79 Å². The fourth-order valence-corrected chi connectivity index (χ4v) is 2.41. The van der Waals surface area contributed by atoms with Crippen LogP contribution in [-0.2, 0) is 4.79 Å². The Morgan fingerprint density at radius 2 is 2.42 bits per heavy atom. The average molecular weight is 272 g/mol. The molecule has 19 heavy (non-hydrogen) atoms. The lowest BCUT2D eigenvalue weighted by Gasteiger charge is -2.09. The molecule has 2 aromatic heterocycles. The van der Waals surface area contributed by atoms with Crippen LogP contribution in [0.3, 0.4) is 0 Å². The number of thiophene rings is 1. The van der Waals surface area contributed by atoms with Crippen molar-refractivity contribution in [1.82, 2.24) is 10.3 Å². The molecule has 0 unspecified atom stereocenters. The molecule has 0 saturated carbocycles. The predicted octanol–water partition coefficient (Wildman–Crippen LogP) is 3.08. The summed E-state index contributed by atoms with van der Waals surface area (Å²) in [5.74, 6) is 0.257. The summed E-state index contributed by atoms with van der Waals surface area (Å²) in [6.07, 6.45) is 6.73. The molecular weight excluding hydrogens is 256 g/mol. The molecule has 0 spiro atoms. The third-order valence-corrected chi connectivity index (χ3v) is 3.51. The number of nitrogens with one attached hydrogen (secondary N) is 1. The van der Waals surface area contributed by atoms with E-state index in [2.05, 4.69) is 34.1 Å². The Balaban J connectivity index is 1.80. The summed E-state index contributed by atoms with van der Waals surface area (Å²) < 4.78 is 0. The lowest BCUT2D eigenvalue weighted by Crippen LogP contribution is -2.25. The molecule has 2 heterocycles. The number of nitrogens with zero attached hydrogens (tertiary/aromatic N) is 1. The topological polar surface area (TPSA) is 42.0 Å². The van der Waals surface area contributed by atoms with Crippen LogP contribution in [-0.4, -0.2) is 17.4 Å². The smallest absolute Gasteiger partial charge is 0.244 e. The molecule has 0 fully saturated rings. The standard InChI is InChI=1S/C15H16N2OS/c1-12(14-6-8-19-11-14)9-17-15(18)5-4-13-3-2-7-16-10-13/h2-8,10-12H,9H2,1H3,(H,17,18)/b5-4-/t12-/m1/s1. The Labute approximate surface area is 117 Å². The van der Waals surface area contributed by atoms with Crippen LogP contribution in [0.5, 0.6) is 0 Å². The molecular formula is C15H16N2OS. The van der Waals surface area contributed by atoms with E-state index in [1.54, 1.807) is 29.8 Å². The first-order chi connectivity index (χ1) is 9.25. The van der Waals surface area contributed by atoms with Gasteiger partial charge in [-0.25, -0.2) is 0 Å². The van der Waals surface area contributed by atoms with Gasteiger partial charge >= 0.3 is 0 Å². The van der Waals surface area contributed by atoms with Gasteiger partial charge in [0.2, 0.25) is 5.91 Å². The van der Waals surface area contributed by atoms with Crippen LogP contribution in [0.4, 0.5) is 0 Å². The minimum atomic E-state index is -0.0778. The molecule has 0 aliphatic heterocycles. The molecule has 0 aliphatic carbocycles. The van der Waals surface area contributed by atoms with E-state index in [1.807, 2.05) is 12.1 Å². The van der Waals surface area contributed by atoms with E-state index in [-0.39, 0.29) is 5.91 Å². The van der Waals surface area contributed by atoms with Gasteiger partial charge in [-0.2, -0.15) is 11.3 Å². The van der Waals surface area contributed by atoms with E-state index in [0.29, 0.717) is 12.5 Å². The Morgan fingerprint density at radius 3 is 3.11 bits per heavy atom. The van der Waals surface area contributed by atoms with Crippen LogP contribution in [0.15, 0.2) is 47.4 Å². The molecule has 3 nitrogen and oxygen atoms in total. The van der Waals surface area contributed by atoms with Crippen LogP contribution in [0.2, 0.25) is 0 Å². The molecule has 0 saturated heterocycles. The number of aromatic nitrogens is 1. The van der Waals surface area contributed by atoms with Crippen molar-refractivity contribution in [2.24, 2.45) is 0 Å². The maximum absolute atomic E-state index is 11.7. The molecule has 1 amide bonds. The van der Waals surface area contributed by atoms with E-state index in [4.69, 9.17) is 0 Å². The van der Waals surface area contributed by atoms with E-state index in [0.717, 1.165) is 5.56 Å². The van der Waals surface area contributed by atoms with Gasteiger partial charge in [0.25, 0.3) is 0 Å². The van der Waals surface area contributed by atoms with Crippen LogP contribution < -0.4 is 5.32 Å².